The molecule has 1 amide bonds. The summed E-state index contributed by atoms with van der Waals surface area (Å²) in [5.74, 6) is 0.268. The average Bonchev–Trinajstić information content (AvgIpc) is 3.41. The highest BCUT2D eigenvalue weighted by Gasteiger charge is 2.30. The van der Waals surface area contributed by atoms with E-state index in [0.29, 0.717) is 46.1 Å². The van der Waals surface area contributed by atoms with Gasteiger partial charge in [-0.05, 0) is 55.3 Å². The second kappa shape index (κ2) is 10.3. The summed E-state index contributed by atoms with van der Waals surface area (Å²) in [5.41, 5.74) is 7.68. The number of fused-ring (bicyclic) bond motifs is 1. The molecular formula is C26H25ClN6O4S. The molecule has 0 radical (unpaired) electrons. The van der Waals surface area contributed by atoms with E-state index in [1.807, 2.05) is 11.0 Å². The van der Waals surface area contributed by atoms with Crippen molar-refractivity contribution >= 4 is 61.6 Å². The van der Waals surface area contributed by atoms with Crippen molar-refractivity contribution in [2.75, 3.05) is 28.6 Å². The molecule has 38 heavy (non-hydrogen) atoms. The number of anilines is 4. The van der Waals surface area contributed by atoms with Gasteiger partial charge in [-0.2, -0.15) is 0 Å². The lowest BCUT2D eigenvalue weighted by Crippen LogP contribution is -2.40. The number of nitrogens with two attached hydrogens (primary N) is 1. The van der Waals surface area contributed by atoms with Crippen LogP contribution in [0.1, 0.15) is 12.8 Å². The summed E-state index contributed by atoms with van der Waals surface area (Å²) in [6, 6.07) is 18.0. The number of methoxy groups -OCH3 is 1. The van der Waals surface area contributed by atoms with E-state index < -0.39 is 22.0 Å². The summed E-state index contributed by atoms with van der Waals surface area (Å²) in [4.78, 5) is 22.8. The van der Waals surface area contributed by atoms with Crippen LogP contribution in [0.15, 0.2) is 71.6 Å². The molecule has 1 aliphatic heterocycles. The summed E-state index contributed by atoms with van der Waals surface area (Å²) < 4.78 is 34.9. The normalized spacial score (nSPS) is 15.4. The third-order valence-corrected chi connectivity index (χ3v) is 7.94. The van der Waals surface area contributed by atoms with Gasteiger partial charge in [-0.15, -0.1) is 0 Å². The molecular weight excluding hydrogens is 528 g/mol. The monoisotopic (exact) mass is 552 g/mol. The number of benzene rings is 3. The number of carbonyl (C=O) groups excluding carboxylic acids is 1. The number of carbonyl (C=O) groups is 1. The van der Waals surface area contributed by atoms with Gasteiger partial charge >= 0.3 is 0 Å². The topological polar surface area (TPSA) is 140 Å². The van der Waals surface area contributed by atoms with Crippen molar-refractivity contribution in [1.82, 2.24) is 9.97 Å². The minimum Gasteiger partial charge on any atom is -0.497 e. The minimum absolute atomic E-state index is 0.00504. The fourth-order valence-corrected chi connectivity index (χ4v) is 5.61. The van der Waals surface area contributed by atoms with Crippen molar-refractivity contribution in [3.05, 3.63) is 71.8 Å². The third kappa shape index (κ3) is 5.15. The summed E-state index contributed by atoms with van der Waals surface area (Å²) in [5, 5.41) is 3.47. The number of amides is 1. The molecule has 4 aromatic rings. The Morgan fingerprint density at radius 3 is 2.50 bits per heavy atom. The van der Waals surface area contributed by atoms with Crippen LogP contribution in [-0.2, 0) is 14.8 Å². The van der Waals surface area contributed by atoms with E-state index in [4.69, 9.17) is 22.1 Å². The Balaban J connectivity index is 1.52. The van der Waals surface area contributed by atoms with E-state index in [9.17, 15) is 13.2 Å². The number of hydrogen-bond donors (Lipinski definition) is 3. The molecule has 0 bridgehead atoms. The smallest absolute Gasteiger partial charge is 0.263 e. The molecule has 0 saturated carbocycles. The Morgan fingerprint density at radius 2 is 1.79 bits per heavy atom. The molecule has 1 aromatic heterocycles. The first-order chi connectivity index (χ1) is 18.2. The number of aromatic nitrogens is 2. The number of nitrogens with zero attached hydrogens (tertiary/aromatic N) is 3. The molecule has 1 saturated heterocycles. The first-order valence-electron chi connectivity index (χ1n) is 11.8. The summed E-state index contributed by atoms with van der Waals surface area (Å²) in [6.07, 6.45) is 1.41. The van der Waals surface area contributed by atoms with Gasteiger partial charge in [-0.25, -0.2) is 18.4 Å². The quantitative estimate of drug-likeness (QED) is 0.294. The van der Waals surface area contributed by atoms with E-state index in [-0.39, 0.29) is 16.5 Å². The van der Waals surface area contributed by atoms with Crippen molar-refractivity contribution in [2.45, 2.75) is 23.8 Å². The predicted octanol–water partition coefficient (Wildman–Crippen LogP) is 4.29. The summed E-state index contributed by atoms with van der Waals surface area (Å²) in [7, 11) is -2.57. The number of primary amides is 1. The van der Waals surface area contributed by atoms with Crippen LogP contribution in [0.2, 0.25) is 5.02 Å². The van der Waals surface area contributed by atoms with Crippen LogP contribution in [0.3, 0.4) is 0 Å². The van der Waals surface area contributed by atoms with Crippen molar-refractivity contribution in [3.63, 3.8) is 0 Å². The van der Waals surface area contributed by atoms with Gasteiger partial charge in [0.1, 0.15) is 11.8 Å². The molecule has 5 rings (SSSR count). The van der Waals surface area contributed by atoms with Crippen molar-refractivity contribution in [1.29, 1.82) is 0 Å². The van der Waals surface area contributed by atoms with Gasteiger partial charge < -0.3 is 20.7 Å². The molecule has 10 nitrogen and oxygen atoms in total. The maximum atomic E-state index is 13.5. The third-order valence-electron chi connectivity index (χ3n) is 6.27. The van der Waals surface area contributed by atoms with Crippen LogP contribution >= 0.6 is 11.6 Å². The van der Waals surface area contributed by atoms with Gasteiger partial charge in [0, 0.05) is 18.3 Å². The van der Waals surface area contributed by atoms with Gasteiger partial charge in [-0.1, -0.05) is 29.8 Å². The number of ether oxygens (including phenoxy) is 1. The summed E-state index contributed by atoms with van der Waals surface area (Å²) >= 11 is 6.37. The maximum absolute atomic E-state index is 13.5. The molecule has 196 valence electrons. The number of hydrogen-bond acceptors (Lipinski definition) is 8. The van der Waals surface area contributed by atoms with E-state index in [2.05, 4.69) is 20.0 Å². The average molecular weight is 553 g/mol. The lowest BCUT2D eigenvalue weighted by Gasteiger charge is -2.24. The maximum Gasteiger partial charge on any atom is 0.263 e. The second-order valence-corrected chi connectivity index (χ2v) is 10.8. The zero-order valence-corrected chi connectivity index (χ0v) is 22.0. The molecule has 0 aliphatic carbocycles. The summed E-state index contributed by atoms with van der Waals surface area (Å²) in [6.45, 7) is 0.607. The zero-order valence-electron chi connectivity index (χ0n) is 20.4. The van der Waals surface area contributed by atoms with Gasteiger partial charge in [-0.3, -0.25) is 9.52 Å². The number of rotatable bonds is 8. The van der Waals surface area contributed by atoms with E-state index in [1.54, 1.807) is 48.5 Å². The van der Waals surface area contributed by atoms with Crippen LogP contribution in [0.25, 0.3) is 11.0 Å². The largest absolute Gasteiger partial charge is 0.497 e. The Labute approximate surface area is 224 Å². The molecule has 0 unspecified atom stereocenters. The first kappa shape index (κ1) is 25.6. The van der Waals surface area contributed by atoms with Crippen LogP contribution in [-0.4, -0.2) is 44.0 Å². The molecule has 4 N–H and O–H groups in total. The highest BCUT2D eigenvalue weighted by molar-refractivity contribution is 7.92. The van der Waals surface area contributed by atoms with Crippen molar-refractivity contribution in [3.8, 4) is 5.75 Å². The Hall–Kier alpha value is -4.09. The fourth-order valence-electron chi connectivity index (χ4n) is 4.40. The minimum atomic E-state index is -4.10. The van der Waals surface area contributed by atoms with Gasteiger partial charge in [0.15, 0.2) is 11.6 Å². The van der Waals surface area contributed by atoms with Gasteiger partial charge in [0.25, 0.3) is 10.0 Å². The Morgan fingerprint density at radius 1 is 1.05 bits per heavy atom. The van der Waals surface area contributed by atoms with E-state index >= 15 is 0 Å². The SMILES string of the molecule is COc1ccc(Cl)c(Nc2nc3ccccc3nc2NS(=O)(=O)c2cccc(N3CCC[C@@H]3C(N)=O)c2)c1. The number of halogens is 1. The Bertz CT molecular complexity index is 1630. The molecule has 1 aliphatic rings. The lowest BCUT2D eigenvalue weighted by atomic mass is 10.2. The van der Waals surface area contributed by atoms with Crippen molar-refractivity contribution < 1.29 is 17.9 Å². The van der Waals surface area contributed by atoms with Crippen LogP contribution in [0.5, 0.6) is 5.75 Å². The van der Waals surface area contributed by atoms with Crippen LogP contribution < -0.4 is 25.4 Å². The highest BCUT2D eigenvalue weighted by atomic mass is 35.5. The molecule has 1 fully saturated rings. The van der Waals surface area contributed by atoms with Gasteiger partial charge in [0.2, 0.25) is 5.91 Å². The van der Waals surface area contributed by atoms with Crippen molar-refractivity contribution in [2.24, 2.45) is 5.73 Å². The Kier molecular flexibility index (Phi) is 6.96. The first-order valence-corrected chi connectivity index (χ1v) is 13.7. The number of para-hydroxylation sites is 2. The van der Waals surface area contributed by atoms with Gasteiger partial charge in [0.05, 0.1) is 33.7 Å². The molecule has 2 heterocycles. The van der Waals surface area contributed by atoms with Crippen LogP contribution in [0, 0.1) is 0 Å². The molecule has 0 spiro atoms. The number of nitrogens with one attached hydrogen (secondary N) is 2. The molecule has 1 atom stereocenters. The lowest BCUT2D eigenvalue weighted by molar-refractivity contribution is -0.119. The standard InChI is InChI=1S/C26H25ClN6O4S/c1-37-17-11-12-19(27)22(15-17)31-25-26(30-21-9-3-2-8-20(21)29-25)32-38(35,36)18-7-4-6-16(14-18)33-13-5-10-23(33)24(28)34/h2-4,6-9,11-12,14-15,23H,5,10,13H2,1H3,(H2,28,34)(H,29,31)(H,30,32)/t23-/m1/s1. The molecule has 3 aromatic carbocycles. The van der Waals surface area contributed by atoms with E-state index in [1.165, 1.54) is 19.2 Å². The second-order valence-electron chi connectivity index (χ2n) is 8.74. The predicted molar refractivity (Wildman–Crippen MR) is 148 cm³/mol. The van der Waals surface area contributed by atoms with Crippen LogP contribution in [0.4, 0.5) is 23.0 Å². The zero-order chi connectivity index (χ0) is 26.9. The number of sulfonamides is 1. The molecule has 12 heteroatoms. The highest BCUT2D eigenvalue weighted by Crippen LogP contribution is 2.33. The fraction of sp³-hybridized carbons (Fsp3) is 0.192. The van der Waals surface area contributed by atoms with E-state index in [0.717, 1.165) is 6.42 Å².